The zero-order valence-corrected chi connectivity index (χ0v) is 30.9. The molecule has 2 aromatic rings. The number of hydrogen-bond acceptors (Lipinski definition) is 7. The largest absolute Gasteiger partial charge is 0.449 e. The topological polar surface area (TPSA) is 99.2 Å². The molecule has 3 aliphatic rings. The molecule has 10 heteroatoms. The third kappa shape index (κ3) is 6.87. The molecule has 0 aliphatic carbocycles. The minimum Gasteiger partial charge on any atom is -0.449 e. The van der Waals surface area contributed by atoms with Gasteiger partial charge in [0.25, 0.3) is 0 Å². The molecule has 3 heterocycles. The molecule has 9 nitrogen and oxygen atoms in total. The van der Waals surface area contributed by atoms with E-state index in [4.69, 9.17) is 4.74 Å². The van der Waals surface area contributed by atoms with Gasteiger partial charge in [-0.2, -0.15) is 0 Å². The van der Waals surface area contributed by atoms with E-state index in [0.717, 1.165) is 74.0 Å². The molecule has 2 unspecified atom stereocenters. The van der Waals surface area contributed by atoms with E-state index in [1.54, 1.807) is 6.07 Å². The molecule has 3 aliphatic heterocycles. The molecule has 2 N–H and O–H groups in total. The highest BCUT2D eigenvalue weighted by Gasteiger charge is 2.60. The fraction of sp³-hybridized carbons (Fsp3) is 0.658. The maximum absolute atomic E-state index is 14.2. The molecule has 2 fully saturated rings. The Hall–Kier alpha value is -2.66. The third-order valence-electron chi connectivity index (χ3n) is 12.1. The number of ether oxygens (including phenoxy) is 1. The summed E-state index contributed by atoms with van der Waals surface area (Å²) in [5.41, 5.74) is 2.23. The second kappa shape index (κ2) is 14.7. The number of anilines is 2. The Labute approximate surface area is 289 Å². The molecule has 5 rings (SSSR count). The van der Waals surface area contributed by atoms with E-state index in [9.17, 15) is 18.3 Å². The molecule has 0 saturated carbocycles. The quantitative estimate of drug-likeness (QED) is 0.171. The Kier molecular flexibility index (Phi) is 11.2. The first-order valence-corrected chi connectivity index (χ1v) is 19.9. The van der Waals surface area contributed by atoms with Gasteiger partial charge in [0.2, 0.25) is 0 Å². The van der Waals surface area contributed by atoms with Crippen LogP contribution in [0.1, 0.15) is 96.1 Å². The predicted molar refractivity (Wildman–Crippen MR) is 193 cm³/mol. The van der Waals surface area contributed by atoms with E-state index in [0.29, 0.717) is 30.7 Å². The molecule has 2 aromatic carbocycles. The van der Waals surface area contributed by atoms with Crippen molar-refractivity contribution in [2.75, 3.05) is 69.4 Å². The first-order valence-electron chi connectivity index (χ1n) is 18.2. The van der Waals surface area contributed by atoms with Crippen molar-refractivity contribution in [2.24, 2.45) is 5.41 Å². The Morgan fingerprint density at radius 1 is 1.06 bits per heavy atom. The van der Waals surface area contributed by atoms with E-state index < -0.39 is 33.4 Å². The number of fused-ring (bicyclic) bond motifs is 2. The summed E-state index contributed by atoms with van der Waals surface area (Å²) in [5.74, 6) is -0.670. The molecule has 0 bridgehead atoms. The van der Waals surface area contributed by atoms with Gasteiger partial charge in [-0.1, -0.05) is 51.7 Å². The van der Waals surface area contributed by atoms with E-state index in [-0.39, 0.29) is 16.3 Å². The number of carbonyl (C=O) groups excluding carboxylic acids is 1. The number of nitrogens with zero attached hydrogens (tertiary/aromatic N) is 3. The van der Waals surface area contributed by atoms with Crippen molar-refractivity contribution in [1.29, 1.82) is 0 Å². The van der Waals surface area contributed by atoms with Gasteiger partial charge < -0.3 is 19.2 Å². The Morgan fingerprint density at radius 2 is 1.79 bits per heavy atom. The average Bonchev–Trinajstić information content (AvgIpc) is 3.20. The number of likely N-dealkylation sites (N-methyl/N-ethyl adjacent to an activating group) is 1. The summed E-state index contributed by atoms with van der Waals surface area (Å²) in [5, 5.41) is 15.4. The molecule has 4 atom stereocenters. The zero-order chi connectivity index (χ0) is 34.7. The van der Waals surface area contributed by atoms with Crippen molar-refractivity contribution in [1.82, 2.24) is 4.90 Å². The van der Waals surface area contributed by atoms with Gasteiger partial charge >= 0.3 is 6.09 Å². The van der Waals surface area contributed by atoms with Crippen molar-refractivity contribution < 1.29 is 27.5 Å². The van der Waals surface area contributed by atoms with Crippen LogP contribution in [-0.2, 0) is 14.6 Å². The maximum Gasteiger partial charge on any atom is 0.411 e. The standard InChI is InChI=1S/C38H58N4O5S/c1-7-10-18-38(19-11-8-2)28-48(45,46)33-17-16-31(40(5)6)27-32(33)34(35(38)43)29-14-12-15-30(26-29)39-36(44)47-25-13-23-42(9-3)24-22-41-21-20-37(41,42)4/h12,14-17,26-27,34-35,43H,7-11,13,18-25,28H2,1-6H3/p+1/t34-,35-,37?,42?/m1/s1. The van der Waals surface area contributed by atoms with Gasteiger partial charge in [0, 0.05) is 63.1 Å². The van der Waals surface area contributed by atoms with Gasteiger partial charge in [-0.3, -0.25) is 5.32 Å². The molecule has 2 saturated heterocycles. The summed E-state index contributed by atoms with van der Waals surface area (Å²) >= 11 is 0. The second-order valence-electron chi connectivity index (χ2n) is 15.0. The number of quaternary nitrogens is 1. The molecule has 1 amide bonds. The number of sulfone groups is 1. The molecule has 0 radical (unpaired) electrons. The lowest BCUT2D eigenvalue weighted by Crippen LogP contribution is -2.70. The van der Waals surface area contributed by atoms with Gasteiger partial charge in [0.05, 0.1) is 49.5 Å². The van der Waals surface area contributed by atoms with Crippen LogP contribution in [0, 0.1) is 5.41 Å². The first kappa shape index (κ1) is 36.6. The number of nitrogens with one attached hydrogen (secondary N) is 1. The van der Waals surface area contributed by atoms with Crippen LogP contribution in [0.2, 0.25) is 0 Å². The lowest BCUT2D eigenvalue weighted by atomic mass is 9.68. The van der Waals surface area contributed by atoms with Gasteiger partial charge in [0.15, 0.2) is 15.5 Å². The number of aliphatic hydroxyl groups excluding tert-OH is 1. The summed E-state index contributed by atoms with van der Waals surface area (Å²) in [4.78, 5) is 17.8. The van der Waals surface area contributed by atoms with E-state index >= 15 is 0 Å². The Morgan fingerprint density at radius 3 is 2.40 bits per heavy atom. The summed E-state index contributed by atoms with van der Waals surface area (Å²) in [6.07, 6.45) is 5.36. The fourth-order valence-electron chi connectivity index (χ4n) is 8.93. The SMILES string of the molecule is CCCCC1(CCCC)CS(=O)(=O)c2ccc(N(C)C)cc2[C@@H](c2cccc(NC(=O)OCCC[N+]3(CC)CCN4CCC43C)c2)[C@H]1O. The van der Waals surface area contributed by atoms with Crippen LogP contribution in [0.25, 0.3) is 0 Å². The molecule has 0 aromatic heterocycles. The van der Waals surface area contributed by atoms with Crippen molar-refractivity contribution in [3.63, 3.8) is 0 Å². The monoisotopic (exact) mass is 683 g/mol. The van der Waals surface area contributed by atoms with Gasteiger partial charge in [-0.05, 0) is 61.2 Å². The van der Waals surface area contributed by atoms with Gasteiger partial charge in [-0.25, -0.2) is 18.1 Å². The molecule has 266 valence electrons. The highest BCUT2D eigenvalue weighted by Crippen LogP contribution is 2.50. The number of unbranched alkanes of at least 4 members (excludes halogenated alkanes) is 2. The normalized spacial score (nSPS) is 27.3. The average molecular weight is 684 g/mol. The van der Waals surface area contributed by atoms with Gasteiger partial charge in [-0.15, -0.1) is 0 Å². The number of benzene rings is 2. The summed E-state index contributed by atoms with van der Waals surface area (Å²) in [6.45, 7) is 14.7. The fourth-order valence-corrected chi connectivity index (χ4v) is 11.1. The van der Waals surface area contributed by atoms with Gasteiger partial charge in [0.1, 0.15) is 0 Å². The minimum absolute atomic E-state index is 0.0779. The van der Waals surface area contributed by atoms with Crippen LogP contribution in [0.5, 0.6) is 0 Å². The highest BCUT2D eigenvalue weighted by molar-refractivity contribution is 7.91. The van der Waals surface area contributed by atoms with Crippen LogP contribution in [0.4, 0.5) is 16.2 Å². The van der Waals surface area contributed by atoms with Crippen molar-refractivity contribution in [3.8, 4) is 0 Å². The van der Waals surface area contributed by atoms with E-state index in [2.05, 4.69) is 37.9 Å². The highest BCUT2D eigenvalue weighted by atomic mass is 32.2. The lowest BCUT2D eigenvalue weighted by molar-refractivity contribution is -0.973. The smallest absolute Gasteiger partial charge is 0.411 e. The molecular weight excluding hydrogens is 625 g/mol. The van der Waals surface area contributed by atoms with Crippen LogP contribution in [0.15, 0.2) is 47.4 Å². The van der Waals surface area contributed by atoms with Crippen LogP contribution < -0.4 is 10.2 Å². The lowest BCUT2D eigenvalue weighted by Gasteiger charge is -2.54. The molecule has 0 spiro atoms. The Bertz CT molecular complexity index is 1540. The number of carbonyl (C=O) groups is 1. The van der Waals surface area contributed by atoms with Crippen LogP contribution >= 0.6 is 0 Å². The Balaban J connectivity index is 1.39. The summed E-state index contributed by atoms with van der Waals surface area (Å²) < 4.78 is 35.0. The second-order valence-corrected chi connectivity index (χ2v) is 16.9. The number of aliphatic hydroxyl groups is 1. The van der Waals surface area contributed by atoms with Crippen LogP contribution in [0.3, 0.4) is 0 Å². The van der Waals surface area contributed by atoms with Crippen LogP contribution in [-0.4, -0.2) is 99.9 Å². The maximum atomic E-state index is 14.2. The van der Waals surface area contributed by atoms with E-state index in [1.165, 1.54) is 13.0 Å². The zero-order valence-electron chi connectivity index (χ0n) is 30.1. The number of rotatable bonds is 14. The van der Waals surface area contributed by atoms with Crippen molar-refractivity contribution >= 4 is 27.3 Å². The molecular formula is C38H59N4O5S+. The molecule has 48 heavy (non-hydrogen) atoms. The number of amides is 1. The third-order valence-corrected chi connectivity index (χ3v) is 14.1. The van der Waals surface area contributed by atoms with Crippen molar-refractivity contribution in [2.45, 2.75) is 102 Å². The number of hydrogen-bond donors (Lipinski definition) is 2. The minimum atomic E-state index is -3.70. The van der Waals surface area contributed by atoms with E-state index in [1.807, 2.05) is 55.4 Å². The summed E-state index contributed by atoms with van der Waals surface area (Å²) in [6, 6.07) is 13.0. The predicted octanol–water partition coefficient (Wildman–Crippen LogP) is 6.61. The summed E-state index contributed by atoms with van der Waals surface area (Å²) in [7, 11) is 0.161. The first-order chi connectivity index (χ1) is 22.8. The van der Waals surface area contributed by atoms with Crippen molar-refractivity contribution in [3.05, 3.63) is 53.6 Å².